The molecule has 0 aliphatic carbocycles. The predicted octanol–water partition coefficient (Wildman–Crippen LogP) is 6.05. The number of hydrogen-bond acceptors (Lipinski definition) is 7. The van der Waals surface area contributed by atoms with Crippen LogP contribution in [0.15, 0.2) is 42.5 Å². The Balaban J connectivity index is 1.58. The summed E-state index contributed by atoms with van der Waals surface area (Å²) < 4.78 is 7.11. The van der Waals surface area contributed by atoms with E-state index >= 15 is 0 Å². The third kappa shape index (κ3) is 3.76. The highest BCUT2D eigenvalue weighted by Crippen LogP contribution is 2.39. The molecule has 9 heteroatoms. The van der Waals surface area contributed by atoms with E-state index in [0.29, 0.717) is 20.3 Å². The Morgan fingerprint density at radius 2 is 1.85 bits per heavy atom. The van der Waals surface area contributed by atoms with Crippen LogP contribution in [0.4, 0.5) is 5.69 Å². The summed E-state index contributed by atoms with van der Waals surface area (Å²) in [5.74, 6) is -0.754. The van der Waals surface area contributed by atoms with Crippen LogP contribution in [0.2, 0.25) is 0 Å². The van der Waals surface area contributed by atoms with Crippen LogP contribution >= 0.6 is 22.7 Å². The number of amides is 1. The second kappa shape index (κ2) is 8.66. The number of pyridine rings is 1. The Kier molecular flexibility index (Phi) is 5.66. The summed E-state index contributed by atoms with van der Waals surface area (Å²) in [6.45, 7) is 7.79. The third-order valence-electron chi connectivity index (χ3n) is 5.46. The van der Waals surface area contributed by atoms with E-state index in [4.69, 9.17) is 4.74 Å². The fraction of sp³-hybridized carbons (Fsp3) is 0.200. The van der Waals surface area contributed by atoms with Gasteiger partial charge < -0.3 is 10.1 Å². The van der Waals surface area contributed by atoms with E-state index < -0.39 is 5.97 Å². The molecule has 0 aliphatic heterocycles. The quantitative estimate of drug-likeness (QED) is 0.303. The molecule has 0 spiro atoms. The van der Waals surface area contributed by atoms with E-state index in [1.165, 1.54) is 22.7 Å². The molecule has 172 valence electrons. The van der Waals surface area contributed by atoms with E-state index in [-0.39, 0.29) is 12.5 Å². The lowest BCUT2D eigenvalue weighted by molar-refractivity contribution is 0.0533. The number of esters is 1. The molecule has 0 bridgehead atoms. The van der Waals surface area contributed by atoms with Crippen LogP contribution in [0.25, 0.3) is 26.1 Å². The number of nitrogens with one attached hydrogen (secondary N) is 1. The summed E-state index contributed by atoms with van der Waals surface area (Å²) in [6.07, 6.45) is 0. The average Bonchev–Trinajstić information content (AvgIpc) is 3.48. The number of para-hydroxylation sites is 1. The molecule has 0 saturated heterocycles. The van der Waals surface area contributed by atoms with Crippen LogP contribution in [0.1, 0.15) is 43.2 Å². The van der Waals surface area contributed by atoms with Crippen LogP contribution in [-0.4, -0.2) is 33.2 Å². The zero-order valence-corrected chi connectivity index (χ0v) is 20.8. The monoisotopic (exact) mass is 490 g/mol. The van der Waals surface area contributed by atoms with Crippen LogP contribution in [0.5, 0.6) is 0 Å². The fourth-order valence-electron chi connectivity index (χ4n) is 3.98. The molecule has 1 amide bonds. The number of benzene rings is 1. The Labute approximate surface area is 204 Å². The first-order chi connectivity index (χ1) is 16.4. The second-order valence-electron chi connectivity index (χ2n) is 7.90. The van der Waals surface area contributed by atoms with Crippen molar-refractivity contribution in [1.29, 1.82) is 0 Å². The standard InChI is InChI=1S/C25H22N4O3S2/c1-5-32-25(31)21-20(19-13(2)11-14(3)26-23(19)34-21)27-22(30)18-12-17-15(4)28-29(24(17)33-18)16-9-7-6-8-10-16/h6-12H,5H2,1-4H3,(H,27,30). The van der Waals surface area contributed by atoms with Crippen molar-refractivity contribution in [1.82, 2.24) is 14.8 Å². The molecule has 0 unspecified atom stereocenters. The van der Waals surface area contributed by atoms with Gasteiger partial charge in [0.15, 0.2) is 0 Å². The van der Waals surface area contributed by atoms with Gasteiger partial charge in [0.2, 0.25) is 0 Å². The number of rotatable bonds is 5. The van der Waals surface area contributed by atoms with Crippen molar-refractivity contribution in [2.45, 2.75) is 27.7 Å². The Hall–Kier alpha value is -3.56. The van der Waals surface area contributed by atoms with Crippen LogP contribution in [0.3, 0.4) is 0 Å². The highest BCUT2D eigenvalue weighted by atomic mass is 32.1. The molecule has 4 aromatic heterocycles. The lowest BCUT2D eigenvalue weighted by atomic mass is 10.1. The lowest BCUT2D eigenvalue weighted by Gasteiger charge is -2.08. The number of anilines is 1. The molecule has 4 heterocycles. The minimum Gasteiger partial charge on any atom is -0.462 e. The average molecular weight is 491 g/mol. The SMILES string of the molecule is CCOC(=O)c1sc2nc(C)cc(C)c2c1NC(=O)c1cc2c(C)nn(-c3ccccc3)c2s1. The maximum Gasteiger partial charge on any atom is 0.350 e. The van der Waals surface area contributed by atoms with Gasteiger partial charge in [-0.3, -0.25) is 4.79 Å². The Morgan fingerprint density at radius 3 is 2.59 bits per heavy atom. The van der Waals surface area contributed by atoms with Gasteiger partial charge in [-0.2, -0.15) is 5.10 Å². The molecule has 5 rings (SSSR count). The molecular formula is C25H22N4O3S2. The van der Waals surface area contributed by atoms with E-state index in [1.54, 1.807) is 6.92 Å². The van der Waals surface area contributed by atoms with Crippen molar-refractivity contribution in [3.8, 4) is 5.69 Å². The van der Waals surface area contributed by atoms with Gasteiger partial charge in [0.1, 0.15) is 14.5 Å². The van der Waals surface area contributed by atoms with Gasteiger partial charge in [0.05, 0.1) is 28.6 Å². The number of fused-ring (bicyclic) bond motifs is 2. The van der Waals surface area contributed by atoms with Gasteiger partial charge in [-0.25, -0.2) is 14.5 Å². The van der Waals surface area contributed by atoms with E-state index in [2.05, 4.69) is 15.4 Å². The van der Waals surface area contributed by atoms with Gasteiger partial charge in [0, 0.05) is 16.5 Å². The predicted molar refractivity (Wildman–Crippen MR) is 137 cm³/mol. The van der Waals surface area contributed by atoms with Crippen molar-refractivity contribution in [3.05, 3.63) is 69.2 Å². The van der Waals surface area contributed by atoms with E-state index in [1.807, 2.05) is 67.9 Å². The number of carbonyl (C=O) groups is 2. The number of aryl methyl sites for hydroxylation is 3. The molecule has 0 fully saturated rings. The summed E-state index contributed by atoms with van der Waals surface area (Å²) in [6, 6.07) is 13.6. The third-order valence-corrected chi connectivity index (χ3v) is 7.63. The fourth-order valence-corrected chi connectivity index (χ4v) is 6.20. The molecule has 1 N–H and O–H groups in total. The zero-order valence-electron chi connectivity index (χ0n) is 19.1. The summed E-state index contributed by atoms with van der Waals surface area (Å²) in [5.41, 5.74) is 4.02. The summed E-state index contributed by atoms with van der Waals surface area (Å²) in [7, 11) is 0. The highest BCUT2D eigenvalue weighted by molar-refractivity contribution is 7.21. The van der Waals surface area contributed by atoms with E-state index in [9.17, 15) is 9.59 Å². The number of carbonyl (C=O) groups excluding carboxylic acids is 2. The number of ether oxygens (including phenoxy) is 1. The lowest BCUT2D eigenvalue weighted by Crippen LogP contribution is -2.13. The molecular weight excluding hydrogens is 468 g/mol. The Bertz CT molecular complexity index is 1560. The molecule has 0 radical (unpaired) electrons. The van der Waals surface area contributed by atoms with Crippen molar-refractivity contribution in [3.63, 3.8) is 0 Å². The van der Waals surface area contributed by atoms with Crippen molar-refractivity contribution in [2.75, 3.05) is 11.9 Å². The maximum atomic E-state index is 13.4. The molecule has 0 aliphatic rings. The largest absolute Gasteiger partial charge is 0.462 e. The molecule has 34 heavy (non-hydrogen) atoms. The zero-order chi connectivity index (χ0) is 24.0. The van der Waals surface area contributed by atoms with Crippen LogP contribution in [0, 0.1) is 20.8 Å². The number of nitrogens with zero attached hydrogens (tertiary/aromatic N) is 3. The van der Waals surface area contributed by atoms with Crippen molar-refractivity contribution < 1.29 is 14.3 Å². The van der Waals surface area contributed by atoms with Crippen LogP contribution in [-0.2, 0) is 4.74 Å². The highest BCUT2D eigenvalue weighted by Gasteiger charge is 2.25. The summed E-state index contributed by atoms with van der Waals surface area (Å²) >= 11 is 2.60. The van der Waals surface area contributed by atoms with Crippen LogP contribution < -0.4 is 5.32 Å². The summed E-state index contributed by atoms with van der Waals surface area (Å²) in [5, 5.41) is 9.32. The minimum atomic E-state index is -0.468. The molecule has 0 atom stereocenters. The smallest absolute Gasteiger partial charge is 0.350 e. The van der Waals surface area contributed by atoms with Gasteiger partial charge in [0.25, 0.3) is 5.91 Å². The number of thiophene rings is 2. The first-order valence-corrected chi connectivity index (χ1v) is 12.4. The first-order valence-electron chi connectivity index (χ1n) is 10.8. The molecule has 0 saturated carbocycles. The van der Waals surface area contributed by atoms with Gasteiger partial charge in [-0.05, 0) is 57.5 Å². The van der Waals surface area contributed by atoms with Crippen molar-refractivity contribution >= 4 is 60.7 Å². The number of hydrogen-bond donors (Lipinski definition) is 1. The van der Waals surface area contributed by atoms with E-state index in [0.717, 1.165) is 38.2 Å². The van der Waals surface area contributed by atoms with Gasteiger partial charge in [-0.15, -0.1) is 22.7 Å². The normalized spacial score (nSPS) is 11.3. The number of aromatic nitrogens is 3. The second-order valence-corrected chi connectivity index (χ2v) is 9.93. The van der Waals surface area contributed by atoms with Gasteiger partial charge in [-0.1, -0.05) is 18.2 Å². The molecule has 1 aromatic carbocycles. The molecule has 5 aromatic rings. The first kappa shape index (κ1) is 22.2. The Morgan fingerprint density at radius 1 is 1.09 bits per heavy atom. The maximum absolute atomic E-state index is 13.4. The minimum absolute atomic E-state index is 0.248. The topological polar surface area (TPSA) is 86.1 Å². The van der Waals surface area contributed by atoms with Crippen molar-refractivity contribution in [2.24, 2.45) is 0 Å². The van der Waals surface area contributed by atoms with Gasteiger partial charge >= 0.3 is 5.97 Å². The summed E-state index contributed by atoms with van der Waals surface area (Å²) in [4.78, 5) is 33.1. The molecule has 7 nitrogen and oxygen atoms in total.